The second-order valence-corrected chi connectivity index (χ2v) is 4.59. The highest BCUT2D eigenvalue weighted by Crippen LogP contribution is 2.18. The van der Waals surface area contributed by atoms with Crippen molar-refractivity contribution in [2.45, 2.75) is 13.8 Å². The third-order valence-electron chi connectivity index (χ3n) is 2.51. The molecule has 1 aromatic carbocycles. The van der Waals surface area contributed by atoms with E-state index in [-0.39, 0.29) is 18.5 Å². The molecule has 0 unspecified atom stereocenters. The number of carbonyl (C=O) groups is 2. The molecule has 0 saturated carbocycles. The third kappa shape index (κ3) is 4.13. The summed E-state index contributed by atoms with van der Waals surface area (Å²) in [5.74, 6) is -0.969. The van der Waals surface area contributed by atoms with E-state index < -0.39 is 11.9 Å². The van der Waals surface area contributed by atoms with Crippen LogP contribution in [-0.4, -0.2) is 28.7 Å². The number of ether oxygens (including phenoxy) is 1. The fraction of sp³-hybridized carbons (Fsp3) is 0.286. The van der Waals surface area contributed by atoms with Gasteiger partial charge in [0.15, 0.2) is 6.61 Å². The first-order chi connectivity index (χ1) is 10.1. The molecule has 110 valence electrons. The number of hydrogen-bond acceptors (Lipinski definition) is 6. The average molecular weight is 289 g/mol. The fourth-order valence-corrected chi connectivity index (χ4v) is 1.43. The van der Waals surface area contributed by atoms with Gasteiger partial charge in [-0.05, 0) is 12.1 Å². The molecule has 7 heteroatoms. The molecule has 0 radical (unpaired) electrons. The zero-order valence-corrected chi connectivity index (χ0v) is 11.7. The van der Waals surface area contributed by atoms with Gasteiger partial charge in [-0.1, -0.05) is 37.1 Å². The summed E-state index contributed by atoms with van der Waals surface area (Å²) < 4.78 is 10.1. The maximum absolute atomic E-state index is 11.6. The van der Waals surface area contributed by atoms with E-state index in [4.69, 9.17) is 9.15 Å². The average Bonchev–Trinajstić information content (AvgIpc) is 2.94. The van der Waals surface area contributed by atoms with Crippen molar-refractivity contribution in [3.63, 3.8) is 0 Å². The van der Waals surface area contributed by atoms with Gasteiger partial charge < -0.3 is 9.15 Å². The van der Waals surface area contributed by atoms with Crippen LogP contribution < -0.4 is 5.32 Å². The predicted molar refractivity (Wildman–Crippen MR) is 74.2 cm³/mol. The molecule has 1 heterocycles. The molecule has 1 aromatic heterocycles. The minimum absolute atomic E-state index is 0.0422. The van der Waals surface area contributed by atoms with Gasteiger partial charge in [-0.3, -0.25) is 14.9 Å². The lowest BCUT2D eigenvalue weighted by Gasteiger charge is -2.05. The molecule has 0 atom stereocenters. The predicted octanol–water partition coefficient (Wildman–Crippen LogP) is 1.87. The van der Waals surface area contributed by atoms with Crippen LogP contribution >= 0.6 is 0 Å². The summed E-state index contributed by atoms with van der Waals surface area (Å²) in [7, 11) is 0. The Morgan fingerprint density at radius 3 is 2.62 bits per heavy atom. The van der Waals surface area contributed by atoms with E-state index in [0.717, 1.165) is 5.56 Å². The highest BCUT2D eigenvalue weighted by Gasteiger charge is 2.14. The van der Waals surface area contributed by atoms with Gasteiger partial charge in [0.1, 0.15) is 0 Å². The van der Waals surface area contributed by atoms with E-state index in [1.807, 2.05) is 30.3 Å². The van der Waals surface area contributed by atoms with E-state index in [2.05, 4.69) is 15.5 Å². The summed E-state index contributed by atoms with van der Waals surface area (Å²) in [6.45, 7) is 2.98. The molecule has 2 rings (SSSR count). The fourth-order valence-electron chi connectivity index (χ4n) is 1.43. The number of nitrogens with zero attached hydrogens (tertiary/aromatic N) is 2. The maximum atomic E-state index is 11.6. The summed E-state index contributed by atoms with van der Waals surface area (Å²) in [5.41, 5.74) is 0.747. The lowest BCUT2D eigenvalue weighted by atomic mass is 10.2. The molecule has 0 aliphatic carbocycles. The van der Waals surface area contributed by atoms with Gasteiger partial charge in [0.25, 0.3) is 5.91 Å². The van der Waals surface area contributed by atoms with Crippen LogP contribution in [0.1, 0.15) is 13.8 Å². The number of esters is 1. The molecule has 1 N–H and O–H groups in total. The molecule has 0 spiro atoms. The highest BCUT2D eigenvalue weighted by molar-refractivity contribution is 5.91. The zero-order chi connectivity index (χ0) is 15.2. The van der Waals surface area contributed by atoms with Gasteiger partial charge in [-0.25, -0.2) is 0 Å². The summed E-state index contributed by atoms with van der Waals surface area (Å²) in [6.07, 6.45) is 0. The van der Waals surface area contributed by atoms with Gasteiger partial charge >= 0.3 is 12.0 Å². The number of amides is 1. The summed E-state index contributed by atoms with van der Waals surface area (Å²) in [5, 5.41) is 9.90. The standard InChI is InChI=1S/C14H15N3O4/c1-9(2)13(19)20-8-11(18)15-14-17-16-12(21-14)10-6-4-3-5-7-10/h3-7,9H,8H2,1-2H3,(H,15,17,18). The number of aromatic nitrogens is 2. The lowest BCUT2D eigenvalue weighted by Crippen LogP contribution is -2.22. The first kappa shape index (κ1) is 14.7. The Balaban J connectivity index is 1.91. The third-order valence-corrected chi connectivity index (χ3v) is 2.51. The summed E-state index contributed by atoms with van der Waals surface area (Å²) in [4.78, 5) is 22.8. The van der Waals surface area contributed by atoms with Gasteiger partial charge in [-0.15, -0.1) is 5.10 Å². The van der Waals surface area contributed by atoms with Gasteiger partial charge in [0.2, 0.25) is 5.89 Å². The molecular weight excluding hydrogens is 274 g/mol. The van der Waals surface area contributed by atoms with Crippen LogP contribution in [0.15, 0.2) is 34.7 Å². The van der Waals surface area contributed by atoms with Gasteiger partial charge in [0, 0.05) is 5.56 Å². The second kappa shape index (κ2) is 6.65. The minimum Gasteiger partial charge on any atom is -0.455 e. The van der Waals surface area contributed by atoms with Crippen molar-refractivity contribution in [2.24, 2.45) is 5.92 Å². The number of benzene rings is 1. The van der Waals surface area contributed by atoms with E-state index in [0.29, 0.717) is 5.89 Å². The van der Waals surface area contributed by atoms with Crippen LogP contribution in [0.25, 0.3) is 11.5 Å². The Labute approximate surface area is 121 Å². The summed E-state index contributed by atoms with van der Waals surface area (Å²) in [6, 6.07) is 9.12. The molecular formula is C14H15N3O4. The number of rotatable bonds is 5. The molecule has 21 heavy (non-hydrogen) atoms. The Morgan fingerprint density at radius 1 is 1.24 bits per heavy atom. The van der Waals surface area contributed by atoms with Crippen LogP contribution in [-0.2, 0) is 14.3 Å². The topological polar surface area (TPSA) is 94.3 Å². The van der Waals surface area contributed by atoms with Gasteiger partial charge in [-0.2, -0.15) is 0 Å². The highest BCUT2D eigenvalue weighted by atomic mass is 16.5. The molecule has 0 bridgehead atoms. The number of nitrogens with one attached hydrogen (secondary N) is 1. The Hall–Kier alpha value is -2.70. The van der Waals surface area contributed by atoms with Crippen molar-refractivity contribution in [1.82, 2.24) is 10.2 Å². The number of anilines is 1. The van der Waals surface area contributed by atoms with Crippen LogP contribution in [0.5, 0.6) is 0 Å². The first-order valence-corrected chi connectivity index (χ1v) is 6.41. The van der Waals surface area contributed by atoms with E-state index >= 15 is 0 Å². The molecule has 1 amide bonds. The van der Waals surface area contributed by atoms with Crippen molar-refractivity contribution in [2.75, 3.05) is 11.9 Å². The molecule has 0 fully saturated rings. The van der Waals surface area contributed by atoms with Crippen LogP contribution in [0, 0.1) is 5.92 Å². The van der Waals surface area contributed by atoms with Crippen LogP contribution in [0.2, 0.25) is 0 Å². The van der Waals surface area contributed by atoms with Crippen molar-refractivity contribution in [3.8, 4) is 11.5 Å². The van der Waals surface area contributed by atoms with Crippen LogP contribution in [0.3, 0.4) is 0 Å². The monoisotopic (exact) mass is 289 g/mol. The Morgan fingerprint density at radius 2 is 1.95 bits per heavy atom. The number of carbonyl (C=O) groups excluding carboxylic acids is 2. The smallest absolute Gasteiger partial charge is 0.322 e. The quantitative estimate of drug-likeness (QED) is 0.844. The van der Waals surface area contributed by atoms with Crippen molar-refractivity contribution in [3.05, 3.63) is 30.3 Å². The molecule has 7 nitrogen and oxygen atoms in total. The number of hydrogen-bond donors (Lipinski definition) is 1. The van der Waals surface area contributed by atoms with E-state index in [9.17, 15) is 9.59 Å². The van der Waals surface area contributed by atoms with Crippen molar-refractivity contribution in [1.29, 1.82) is 0 Å². The summed E-state index contributed by atoms with van der Waals surface area (Å²) >= 11 is 0. The maximum Gasteiger partial charge on any atom is 0.322 e. The van der Waals surface area contributed by atoms with Crippen molar-refractivity contribution < 1.29 is 18.7 Å². The first-order valence-electron chi connectivity index (χ1n) is 6.41. The molecule has 2 aromatic rings. The molecule has 0 saturated heterocycles. The molecule has 0 aliphatic heterocycles. The Bertz CT molecular complexity index is 622. The minimum atomic E-state index is -0.535. The van der Waals surface area contributed by atoms with Gasteiger partial charge in [0.05, 0.1) is 5.92 Å². The molecule has 0 aliphatic rings. The van der Waals surface area contributed by atoms with Crippen molar-refractivity contribution >= 4 is 17.9 Å². The largest absolute Gasteiger partial charge is 0.455 e. The Kier molecular flexibility index (Phi) is 4.65. The van der Waals surface area contributed by atoms with E-state index in [1.54, 1.807) is 13.8 Å². The zero-order valence-electron chi connectivity index (χ0n) is 11.7. The normalized spacial score (nSPS) is 10.4. The lowest BCUT2D eigenvalue weighted by molar-refractivity contribution is -0.150. The SMILES string of the molecule is CC(C)C(=O)OCC(=O)Nc1nnc(-c2ccccc2)o1. The second-order valence-electron chi connectivity index (χ2n) is 4.59. The van der Waals surface area contributed by atoms with E-state index in [1.165, 1.54) is 0 Å². The van der Waals surface area contributed by atoms with Crippen LogP contribution in [0.4, 0.5) is 6.01 Å².